The molecule has 0 amide bonds. The third kappa shape index (κ3) is 5.38. The molecule has 0 heterocycles. The average Bonchev–Trinajstić information content (AvgIpc) is 1.81. The number of hydrogen-bond donors (Lipinski definition) is 2. The number of carbonyl (C=O) groups is 1. The van der Waals surface area contributed by atoms with Crippen LogP contribution >= 0.6 is 0 Å². The molecule has 0 rings (SSSR count). The highest BCUT2D eigenvalue weighted by atomic mass is 16.4. The summed E-state index contributed by atoms with van der Waals surface area (Å²) in [5.41, 5.74) is -1.32. The number of hydrogen-bond acceptors (Lipinski definition) is 2. The molecule has 4 heteroatoms. The fraction of sp³-hybridized carbons (Fsp3) is 0.667. The lowest BCUT2D eigenvalue weighted by molar-refractivity contribution is -0.876. The van der Waals surface area contributed by atoms with Crippen LogP contribution in [0.1, 0.15) is 6.42 Å². The zero-order valence-corrected chi connectivity index (χ0v) is 8.45. The highest BCUT2D eigenvalue weighted by Crippen LogP contribution is 2.15. The number of carboxylic acids is 1. The van der Waals surface area contributed by atoms with Crippen LogP contribution in [0, 0.1) is 0 Å². The molecule has 2 N–H and O–H groups in total. The molecule has 0 bridgehead atoms. The lowest BCUT2D eigenvalue weighted by atomic mass is 9.99. The van der Waals surface area contributed by atoms with E-state index in [2.05, 4.69) is 6.58 Å². The molecule has 0 aliphatic rings. The summed E-state index contributed by atoms with van der Waals surface area (Å²) in [5.74, 6) is -1.02. The third-order valence-corrected chi connectivity index (χ3v) is 1.59. The van der Waals surface area contributed by atoms with Crippen molar-refractivity contribution in [1.29, 1.82) is 0 Å². The second-order valence-corrected chi connectivity index (χ2v) is 4.33. The van der Waals surface area contributed by atoms with Crippen LogP contribution < -0.4 is 0 Å². The van der Waals surface area contributed by atoms with E-state index in [9.17, 15) is 9.90 Å². The third-order valence-electron chi connectivity index (χ3n) is 1.59. The van der Waals surface area contributed by atoms with Crippen molar-refractivity contribution in [3.05, 3.63) is 12.7 Å². The Morgan fingerprint density at radius 2 is 2.00 bits per heavy atom. The molecule has 0 aromatic carbocycles. The van der Waals surface area contributed by atoms with Crippen LogP contribution in [0.5, 0.6) is 0 Å². The summed E-state index contributed by atoms with van der Waals surface area (Å²) in [5, 5.41) is 18.4. The molecule has 0 fully saturated rings. The molecule has 1 atom stereocenters. The maximum atomic E-state index is 10.4. The summed E-state index contributed by atoms with van der Waals surface area (Å²) < 4.78 is 0.496. The molecule has 0 aromatic rings. The molecule has 0 aliphatic carbocycles. The van der Waals surface area contributed by atoms with Gasteiger partial charge < -0.3 is 14.7 Å². The minimum atomic E-state index is -1.32. The van der Waals surface area contributed by atoms with E-state index in [4.69, 9.17) is 5.11 Å². The van der Waals surface area contributed by atoms with E-state index in [1.165, 1.54) is 6.08 Å². The number of nitrogens with zero attached hydrogens (tertiary/aromatic N) is 1. The van der Waals surface area contributed by atoms with Gasteiger partial charge in [-0.15, -0.1) is 0 Å². The van der Waals surface area contributed by atoms with Crippen molar-refractivity contribution in [2.75, 3.05) is 27.7 Å². The molecule has 0 radical (unpaired) electrons. The molecule has 0 aliphatic heterocycles. The first kappa shape index (κ1) is 12.1. The Bertz CT molecular complexity index is 207. The van der Waals surface area contributed by atoms with E-state index in [1.54, 1.807) is 0 Å². The molecule has 0 aromatic heterocycles. The first-order valence-electron chi connectivity index (χ1n) is 4.07. The zero-order valence-electron chi connectivity index (χ0n) is 8.45. The normalized spacial score (nSPS) is 16.3. The SMILES string of the molecule is C=C[C@@](O)(CC(=O)O)C[N+](C)(C)C. The van der Waals surface area contributed by atoms with Gasteiger partial charge in [-0.1, -0.05) is 12.7 Å². The van der Waals surface area contributed by atoms with Gasteiger partial charge in [0.1, 0.15) is 12.1 Å². The van der Waals surface area contributed by atoms with Gasteiger partial charge in [0.05, 0.1) is 27.6 Å². The molecule has 0 saturated heterocycles. The quantitative estimate of drug-likeness (QED) is 0.474. The van der Waals surface area contributed by atoms with Gasteiger partial charge in [-0.2, -0.15) is 0 Å². The van der Waals surface area contributed by atoms with E-state index in [0.717, 1.165) is 0 Å². The van der Waals surface area contributed by atoms with Crippen molar-refractivity contribution in [2.24, 2.45) is 0 Å². The van der Waals surface area contributed by atoms with Crippen LogP contribution in [0.15, 0.2) is 12.7 Å². The van der Waals surface area contributed by atoms with Gasteiger partial charge in [0.15, 0.2) is 0 Å². The summed E-state index contributed by atoms with van der Waals surface area (Å²) in [4.78, 5) is 10.4. The minimum absolute atomic E-state index is 0.300. The van der Waals surface area contributed by atoms with Gasteiger partial charge in [-0.25, -0.2) is 0 Å². The summed E-state index contributed by atoms with van der Waals surface area (Å²) in [6.07, 6.45) is 0.997. The summed E-state index contributed by atoms with van der Waals surface area (Å²) >= 11 is 0. The number of aliphatic hydroxyl groups is 1. The highest BCUT2D eigenvalue weighted by Gasteiger charge is 2.32. The molecular formula is C9H18NO3+. The Balaban J connectivity index is 4.46. The molecule has 0 saturated carbocycles. The Labute approximate surface area is 78.7 Å². The van der Waals surface area contributed by atoms with Crippen molar-refractivity contribution in [3.8, 4) is 0 Å². The second-order valence-electron chi connectivity index (χ2n) is 4.33. The van der Waals surface area contributed by atoms with Gasteiger partial charge >= 0.3 is 5.97 Å². The Hall–Kier alpha value is -0.870. The van der Waals surface area contributed by atoms with E-state index < -0.39 is 11.6 Å². The van der Waals surface area contributed by atoms with Crippen LogP contribution in [0.4, 0.5) is 0 Å². The first-order valence-corrected chi connectivity index (χ1v) is 4.07. The van der Waals surface area contributed by atoms with Crippen molar-refractivity contribution < 1.29 is 19.5 Å². The van der Waals surface area contributed by atoms with Crippen molar-refractivity contribution in [2.45, 2.75) is 12.0 Å². The number of quaternary nitrogens is 1. The summed E-state index contributed by atoms with van der Waals surface area (Å²) in [6.45, 7) is 3.78. The standard InChI is InChI=1S/C9H17NO3/c1-5-9(13,6-8(11)12)7-10(2,3)4/h5,13H,1,6-7H2,2-4H3/p+1/t9-/m1/s1. The second kappa shape index (κ2) is 3.89. The molecular weight excluding hydrogens is 170 g/mol. The number of likely N-dealkylation sites (N-methyl/N-ethyl adjacent to an activating group) is 1. The Kier molecular flexibility index (Phi) is 3.63. The Morgan fingerprint density at radius 3 is 2.23 bits per heavy atom. The number of aliphatic carboxylic acids is 1. The highest BCUT2D eigenvalue weighted by molar-refractivity contribution is 5.68. The predicted molar refractivity (Wildman–Crippen MR) is 50.3 cm³/mol. The first-order chi connectivity index (χ1) is 5.68. The van der Waals surface area contributed by atoms with Crippen molar-refractivity contribution in [1.82, 2.24) is 0 Å². The number of rotatable bonds is 5. The van der Waals surface area contributed by atoms with Crippen LogP contribution in [0.3, 0.4) is 0 Å². The predicted octanol–water partition coefficient (Wildman–Crippen LogP) is 0.0844. The summed E-state index contributed by atoms with van der Waals surface area (Å²) in [6, 6.07) is 0. The fourth-order valence-corrected chi connectivity index (χ4v) is 1.28. The Morgan fingerprint density at radius 1 is 1.54 bits per heavy atom. The van der Waals surface area contributed by atoms with Crippen LogP contribution in [-0.4, -0.2) is 54.0 Å². The van der Waals surface area contributed by atoms with Crippen LogP contribution in [-0.2, 0) is 4.79 Å². The van der Waals surface area contributed by atoms with Gasteiger partial charge in [-0.3, -0.25) is 4.79 Å². The largest absolute Gasteiger partial charge is 0.481 e. The lowest BCUT2D eigenvalue weighted by Gasteiger charge is -2.32. The zero-order chi connectivity index (χ0) is 10.7. The van der Waals surface area contributed by atoms with Gasteiger partial charge in [0.2, 0.25) is 0 Å². The van der Waals surface area contributed by atoms with Crippen molar-refractivity contribution >= 4 is 5.97 Å². The average molecular weight is 188 g/mol. The molecule has 0 unspecified atom stereocenters. The molecule has 13 heavy (non-hydrogen) atoms. The van der Waals surface area contributed by atoms with Gasteiger partial charge in [-0.05, 0) is 0 Å². The van der Waals surface area contributed by atoms with Gasteiger partial charge in [0, 0.05) is 0 Å². The van der Waals surface area contributed by atoms with Crippen molar-refractivity contribution in [3.63, 3.8) is 0 Å². The van der Waals surface area contributed by atoms with Crippen LogP contribution in [0.25, 0.3) is 0 Å². The lowest BCUT2D eigenvalue weighted by Crippen LogP contribution is -2.49. The monoisotopic (exact) mass is 188 g/mol. The molecule has 0 spiro atoms. The molecule has 76 valence electrons. The van der Waals surface area contributed by atoms with E-state index >= 15 is 0 Å². The van der Waals surface area contributed by atoms with Gasteiger partial charge in [0.25, 0.3) is 0 Å². The topological polar surface area (TPSA) is 57.5 Å². The van der Waals surface area contributed by atoms with E-state index in [0.29, 0.717) is 11.0 Å². The van der Waals surface area contributed by atoms with E-state index in [-0.39, 0.29) is 6.42 Å². The fourth-order valence-electron chi connectivity index (χ4n) is 1.28. The number of carboxylic acid groups (broad SMARTS) is 1. The summed E-state index contributed by atoms with van der Waals surface area (Å²) in [7, 11) is 5.66. The minimum Gasteiger partial charge on any atom is -0.481 e. The maximum absolute atomic E-state index is 10.4. The van der Waals surface area contributed by atoms with Crippen LogP contribution in [0.2, 0.25) is 0 Å². The van der Waals surface area contributed by atoms with E-state index in [1.807, 2.05) is 21.1 Å². The smallest absolute Gasteiger partial charge is 0.306 e. The molecule has 4 nitrogen and oxygen atoms in total. The maximum Gasteiger partial charge on any atom is 0.306 e.